The molecule has 1 saturated carbocycles. The van der Waals surface area contributed by atoms with E-state index in [1.165, 1.54) is 55.3 Å². The molecule has 4 aromatic carbocycles. The summed E-state index contributed by atoms with van der Waals surface area (Å²) in [5, 5.41) is 9.44. The third kappa shape index (κ3) is 10.3. The second-order valence-corrected chi connectivity index (χ2v) is 18.6. The van der Waals surface area contributed by atoms with E-state index in [4.69, 9.17) is 9.47 Å². The molecule has 2 saturated heterocycles. The molecule has 3 aliphatic heterocycles. The molecule has 12 nitrogen and oxygen atoms in total. The van der Waals surface area contributed by atoms with Crippen LogP contribution in [0.5, 0.6) is 11.5 Å². The number of sulfonamides is 1. The number of alkyl halides is 3. The number of carbonyl (C=O) groups is 1. The molecule has 0 atom stereocenters. The maximum Gasteiger partial charge on any atom is 0.501 e. The highest BCUT2D eigenvalue weighted by molar-refractivity contribution is 7.92. The summed E-state index contributed by atoms with van der Waals surface area (Å²) in [5.41, 5.74) is -2.77. The monoisotopic (exact) mass is 865 g/mol. The molecule has 60 heavy (non-hydrogen) atoms. The number of benzene rings is 4. The van der Waals surface area contributed by atoms with Gasteiger partial charge >= 0.3 is 5.51 Å². The number of rotatable bonds is 16. The van der Waals surface area contributed by atoms with Crippen LogP contribution in [0.25, 0.3) is 0 Å². The predicted molar refractivity (Wildman–Crippen MR) is 223 cm³/mol. The minimum atomic E-state index is -6.04. The molecular weight excluding hydrogens is 820 g/mol. The van der Waals surface area contributed by atoms with Crippen LogP contribution in [0.4, 0.5) is 30.2 Å². The summed E-state index contributed by atoms with van der Waals surface area (Å²) < 4.78 is 107. The standard InChI is InChI=1S/C43H46F3N5O7S2/c44-43(45,46)59(53,54)41-25-36(15-17-38(41)49-26-30-18-22-57-23-19-30)60(55,56)50-42(52)37-16-14-34(24-40(37)58-35-7-2-1-3-8-35)48-21-20-47-27-33-6-4-5-9-39(33)51-28-31-10-11-32(29-51)13-12-31/h1-9,14-19,22,24-25,31-32,47-49H,10-13,20-21,23,26-29H2,(H,50,52). The lowest BCUT2D eigenvalue weighted by Crippen LogP contribution is -2.31. The summed E-state index contributed by atoms with van der Waals surface area (Å²) in [6, 6.07) is 23.6. The number of anilines is 3. The van der Waals surface area contributed by atoms with Crippen LogP contribution in [0.3, 0.4) is 0 Å². The summed E-state index contributed by atoms with van der Waals surface area (Å²) in [4.78, 5) is 14.0. The van der Waals surface area contributed by atoms with Gasteiger partial charge in [0.2, 0.25) is 0 Å². The van der Waals surface area contributed by atoms with Gasteiger partial charge in [0.05, 0.1) is 22.4 Å². The Bertz CT molecular complexity index is 2440. The molecule has 0 unspecified atom stereocenters. The molecule has 0 radical (unpaired) electrons. The largest absolute Gasteiger partial charge is 0.501 e. The van der Waals surface area contributed by atoms with Crippen LogP contribution in [0.15, 0.2) is 125 Å². The van der Waals surface area contributed by atoms with Gasteiger partial charge in [0.25, 0.3) is 25.8 Å². The fourth-order valence-electron chi connectivity index (χ4n) is 7.64. The Morgan fingerprint density at radius 1 is 0.817 bits per heavy atom. The number of hydrogen-bond donors (Lipinski definition) is 4. The number of nitrogens with one attached hydrogen (secondary N) is 4. The van der Waals surface area contributed by atoms with E-state index in [0.29, 0.717) is 42.7 Å². The van der Waals surface area contributed by atoms with Gasteiger partial charge in [-0.1, -0.05) is 36.4 Å². The van der Waals surface area contributed by atoms with E-state index >= 15 is 0 Å². The second-order valence-electron chi connectivity index (χ2n) is 15.0. The van der Waals surface area contributed by atoms with Crippen LogP contribution in [0.2, 0.25) is 0 Å². The molecule has 17 heteroatoms. The molecule has 3 heterocycles. The molecule has 8 rings (SSSR count). The lowest BCUT2D eigenvalue weighted by atomic mass is 9.84. The average molecular weight is 866 g/mol. The normalized spacial score (nSPS) is 17.9. The van der Waals surface area contributed by atoms with Gasteiger partial charge in [0, 0.05) is 56.7 Å². The molecule has 4 aliphatic rings. The molecule has 2 bridgehead atoms. The van der Waals surface area contributed by atoms with Crippen LogP contribution < -0.4 is 30.3 Å². The number of para-hydroxylation sites is 2. The van der Waals surface area contributed by atoms with E-state index in [0.717, 1.165) is 37.1 Å². The third-order valence-electron chi connectivity index (χ3n) is 10.8. The SMILES string of the molecule is O=C(NS(=O)(=O)c1ccc(NCC2=CCOC=C2)c(S(=O)(=O)C(F)(F)F)c1)c1ccc(NCCNCc2ccccc2N2CC3CCC(CC3)C2)cc1Oc1ccccc1. The number of fused-ring (bicyclic) bond motifs is 4. The van der Waals surface area contributed by atoms with Crippen LogP contribution in [0, 0.1) is 11.8 Å². The lowest BCUT2D eigenvalue weighted by Gasteiger charge is -2.27. The minimum Gasteiger partial charge on any atom is -0.497 e. The van der Waals surface area contributed by atoms with Crippen LogP contribution in [-0.2, 0) is 31.1 Å². The molecule has 0 aromatic heterocycles. The molecule has 1 aliphatic carbocycles. The van der Waals surface area contributed by atoms with Crippen LogP contribution >= 0.6 is 0 Å². The Balaban J connectivity index is 1.04. The first kappa shape index (κ1) is 42.6. The Kier molecular flexibility index (Phi) is 13.1. The van der Waals surface area contributed by atoms with E-state index in [9.17, 15) is 34.8 Å². The topological polar surface area (TPSA) is 155 Å². The Labute approximate surface area is 347 Å². The zero-order chi connectivity index (χ0) is 42.3. The summed E-state index contributed by atoms with van der Waals surface area (Å²) in [6.07, 6.45) is 9.78. The quantitative estimate of drug-likeness (QED) is 0.0824. The molecule has 1 amide bonds. The maximum atomic E-state index is 13.8. The first-order valence-electron chi connectivity index (χ1n) is 19.6. The van der Waals surface area contributed by atoms with Crippen molar-refractivity contribution < 1.29 is 44.3 Å². The van der Waals surface area contributed by atoms with E-state index in [2.05, 4.69) is 45.1 Å². The van der Waals surface area contributed by atoms with E-state index in [-0.39, 0.29) is 24.5 Å². The highest BCUT2D eigenvalue weighted by Gasteiger charge is 2.48. The number of sulfone groups is 1. The van der Waals surface area contributed by atoms with Gasteiger partial charge < -0.3 is 30.3 Å². The minimum absolute atomic E-state index is 0.0106. The Morgan fingerprint density at radius 2 is 1.53 bits per heavy atom. The third-order valence-corrected chi connectivity index (χ3v) is 13.6. The number of carbonyl (C=O) groups excluding carboxylic acids is 1. The predicted octanol–water partition coefficient (Wildman–Crippen LogP) is 7.60. The van der Waals surface area contributed by atoms with Gasteiger partial charge in [-0.05, 0) is 109 Å². The molecule has 3 fully saturated rings. The van der Waals surface area contributed by atoms with Crippen LogP contribution in [-0.4, -0.2) is 67.6 Å². The fourth-order valence-corrected chi connectivity index (χ4v) is 9.67. The molecule has 4 aromatic rings. The molecular formula is C43H46F3N5O7S2. The van der Waals surface area contributed by atoms with E-state index < -0.39 is 46.8 Å². The van der Waals surface area contributed by atoms with Crippen molar-refractivity contribution in [2.75, 3.05) is 54.9 Å². The molecule has 4 N–H and O–H groups in total. The van der Waals surface area contributed by atoms with Crippen molar-refractivity contribution in [3.8, 4) is 11.5 Å². The van der Waals surface area contributed by atoms with Gasteiger partial charge in [-0.2, -0.15) is 13.2 Å². The number of hydrogen-bond acceptors (Lipinski definition) is 11. The number of amides is 1. The first-order valence-corrected chi connectivity index (χ1v) is 22.6. The first-order chi connectivity index (χ1) is 28.8. The zero-order valence-electron chi connectivity index (χ0n) is 32.6. The molecule has 318 valence electrons. The number of nitrogens with zero attached hydrogens (tertiary/aromatic N) is 1. The summed E-state index contributed by atoms with van der Waals surface area (Å²) in [5.74, 6) is 0.671. The van der Waals surface area contributed by atoms with Crippen molar-refractivity contribution in [3.05, 3.63) is 126 Å². The fraction of sp³-hybridized carbons (Fsp3) is 0.326. The van der Waals surface area contributed by atoms with Crippen molar-refractivity contribution in [2.45, 2.75) is 47.5 Å². The molecule has 0 spiro atoms. The summed E-state index contributed by atoms with van der Waals surface area (Å²) in [7, 11) is -11.0. The summed E-state index contributed by atoms with van der Waals surface area (Å²) >= 11 is 0. The smallest absolute Gasteiger partial charge is 0.497 e. The van der Waals surface area contributed by atoms with Gasteiger partial charge in [0.15, 0.2) is 0 Å². The van der Waals surface area contributed by atoms with Crippen molar-refractivity contribution in [3.63, 3.8) is 0 Å². The highest BCUT2D eigenvalue weighted by Crippen LogP contribution is 2.38. The lowest BCUT2D eigenvalue weighted by molar-refractivity contribution is -0.0435. The van der Waals surface area contributed by atoms with Gasteiger partial charge in [0.1, 0.15) is 23.0 Å². The van der Waals surface area contributed by atoms with Crippen LogP contribution in [0.1, 0.15) is 41.6 Å². The Morgan fingerprint density at radius 3 is 2.23 bits per heavy atom. The van der Waals surface area contributed by atoms with E-state index in [1.54, 1.807) is 48.6 Å². The van der Waals surface area contributed by atoms with Gasteiger partial charge in [-0.25, -0.2) is 21.6 Å². The summed E-state index contributed by atoms with van der Waals surface area (Å²) in [6.45, 7) is 4.08. The van der Waals surface area contributed by atoms with Gasteiger partial charge in [-0.15, -0.1) is 0 Å². The van der Waals surface area contributed by atoms with Crippen molar-refractivity contribution in [1.29, 1.82) is 0 Å². The van der Waals surface area contributed by atoms with E-state index in [1.807, 2.05) is 4.72 Å². The Hall–Kier alpha value is -5.52. The highest BCUT2D eigenvalue weighted by atomic mass is 32.2. The number of halogens is 3. The van der Waals surface area contributed by atoms with Gasteiger partial charge in [-0.3, -0.25) is 4.79 Å². The average Bonchev–Trinajstić information content (AvgIpc) is 3.57. The number of ether oxygens (including phenoxy) is 2. The zero-order valence-corrected chi connectivity index (χ0v) is 34.2. The maximum absolute atomic E-state index is 13.8. The van der Waals surface area contributed by atoms with Crippen molar-refractivity contribution >= 4 is 42.8 Å². The van der Waals surface area contributed by atoms with Crippen molar-refractivity contribution in [1.82, 2.24) is 10.0 Å². The van der Waals surface area contributed by atoms with Crippen molar-refractivity contribution in [2.24, 2.45) is 11.8 Å². The second kappa shape index (κ2) is 18.4.